The van der Waals surface area contributed by atoms with E-state index in [1.165, 1.54) is 0 Å². The van der Waals surface area contributed by atoms with Gasteiger partial charge in [0.15, 0.2) is 0 Å². The van der Waals surface area contributed by atoms with E-state index in [2.05, 4.69) is 15.4 Å². The van der Waals surface area contributed by atoms with Crippen molar-refractivity contribution in [3.8, 4) is 0 Å². The summed E-state index contributed by atoms with van der Waals surface area (Å²) < 4.78 is 28.6. The Bertz CT molecular complexity index is 399. The molecule has 0 unspecified atom stereocenters. The first-order chi connectivity index (χ1) is 8.69. The van der Waals surface area contributed by atoms with Crippen molar-refractivity contribution in [3.05, 3.63) is 17.6 Å². The molecule has 0 aliphatic heterocycles. The van der Waals surface area contributed by atoms with Gasteiger partial charge in [-0.05, 0) is 12.8 Å². The van der Waals surface area contributed by atoms with Gasteiger partial charge in [0, 0.05) is 24.1 Å². The molecule has 0 atom stereocenters. The van der Waals surface area contributed by atoms with Crippen LogP contribution in [-0.2, 0) is 11.2 Å². The molecule has 0 amide bonds. The highest BCUT2D eigenvalue weighted by molar-refractivity contribution is 5.36. The van der Waals surface area contributed by atoms with Crippen molar-refractivity contribution in [2.24, 2.45) is 5.84 Å². The number of nitrogen functional groups attached to an aromatic ring is 1. The Morgan fingerprint density at radius 3 is 2.83 bits per heavy atom. The molecule has 1 heterocycles. The van der Waals surface area contributed by atoms with Gasteiger partial charge in [0.05, 0.1) is 6.61 Å². The second-order valence-electron chi connectivity index (χ2n) is 4.23. The highest BCUT2D eigenvalue weighted by Gasteiger charge is 2.26. The van der Waals surface area contributed by atoms with Crippen molar-refractivity contribution in [1.82, 2.24) is 9.97 Å². The monoisotopic (exact) mass is 258 g/mol. The van der Waals surface area contributed by atoms with Crippen LogP contribution in [0.5, 0.6) is 0 Å². The van der Waals surface area contributed by atoms with E-state index in [9.17, 15) is 8.78 Å². The minimum absolute atomic E-state index is 0.183. The van der Waals surface area contributed by atoms with Crippen LogP contribution in [-0.4, -0.2) is 29.6 Å². The highest BCUT2D eigenvalue weighted by Crippen LogP contribution is 2.39. The quantitative estimate of drug-likeness (QED) is 0.440. The van der Waals surface area contributed by atoms with Gasteiger partial charge in [0.2, 0.25) is 0 Å². The molecule has 0 bridgehead atoms. The summed E-state index contributed by atoms with van der Waals surface area (Å²) in [5, 5.41) is 0. The Labute approximate surface area is 104 Å². The lowest BCUT2D eigenvalue weighted by atomic mass is 10.2. The van der Waals surface area contributed by atoms with Crippen LogP contribution in [0.2, 0.25) is 0 Å². The maximum Gasteiger partial charge on any atom is 0.261 e. The van der Waals surface area contributed by atoms with Crippen LogP contribution in [0, 0.1) is 0 Å². The van der Waals surface area contributed by atoms with Gasteiger partial charge < -0.3 is 10.2 Å². The number of nitrogens with two attached hydrogens (primary N) is 1. The molecule has 3 N–H and O–H groups in total. The van der Waals surface area contributed by atoms with Crippen LogP contribution in [0.25, 0.3) is 0 Å². The fraction of sp³-hybridized carbons (Fsp3) is 0.636. The predicted molar refractivity (Wildman–Crippen MR) is 62.3 cm³/mol. The van der Waals surface area contributed by atoms with Crippen molar-refractivity contribution in [2.45, 2.75) is 31.6 Å². The molecule has 1 aliphatic carbocycles. The first-order valence-electron chi connectivity index (χ1n) is 5.89. The predicted octanol–water partition coefficient (Wildman–Crippen LogP) is 1.46. The van der Waals surface area contributed by atoms with Crippen molar-refractivity contribution >= 4 is 5.82 Å². The van der Waals surface area contributed by atoms with E-state index in [-0.39, 0.29) is 6.61 Å². The zero-order valence-corrected chi connectivity index (χ0v) is 9.90. The van der Waals surface area contributed by atoms with Gasteiger partial charge >= 0.3 is 0 Å². The third-order valence-electron chi connectivity index (χ3n) is 2.65. The number of rotatable bonds is 7. The van der Waals surface area contributed by atoms with Crippen LogP contribution in [0.1, 0.15) is 30.3 Å². The number of alkyl halides is 2. The summed E-state index contributed by atoms with van der Waals surface area (Å²) >= 11 is 0. The van der Waals surface area contributed by atoms with Crippen LogP contribution < -0.4 is 11.3 Å². The number of hydrogen-bond donors (Lipinski definition) is 2. The lowest BCUT2D eigenvalue weighted by molar-refractivity contribution is 0.0183. The normalized spacial score (nSPS) is 15.1. The Morgan fingerprint density at radius 2 is 2.22 bits per heavy atom. The van der Waals surface area contributed by atoms with Gasteiger partial charge in [-0.3, -0.25) is 0 Å². The van der Waals surface area contributed by atoms with Crippen molar-refractivity contribution in [1.29, 1.82) is 0 Å². The number of hydrogen-bond acceptors (Lipinski definition) is 5. The zero-order valence-electron chi connectivity index (χ0n) is 9.90. The van der Waals surface area contributed by atoms with E-state index < -0.39 is 13.0 Å². The summed E-state index contributed by atoms with van der Waals surface area (Å²) in [5.41, 5.74) is 3.45. The van der Waals surface area contributed by atoms with Gasteiger partial charge in [-0.2, -0.15) is 0 Å². The van der Waals surface area contributed by atoms with Crippen molar-refractivity contribution in [2.75, 3.05) is 18.6 Å². The molecule has 1 aromatic rings. The summed E-state index contributed by atoms with van der Waals surface area (Å²) in [4.78, 5) is 8.55. The molecular formula is C11H16F2N4O. The van der Waals surface area contributed by atoms with Crippen molar-refractivity contribution < 1.29 is 13.5 Å². The molecule has 1 aromatic heterocycles. The standard InChI is InChI=1S/C11H16F2N4O/c12-9(13)6-18-4-3-10-15-8(7-1-2-7)5-11(16-10)17-14/h5,7,9H,1-4,6,14H2,(H,15,16,17). The minimum atomic E-state index is -2.44. The maximum atomic E-state index is 11.9. The summed E-state index contributed by atoms with van der Waals surface area (Å²) in [7, 11) is 0. The van der Waals surface area contributed by atoms with Gasteiger partial charge in [0.1, 0.15) is 18.2 Å². The average molecular weight is 258 g/mol. The van der Waals surface area contributed by atoms with E-state index in [4.69, 9.17) is 10.6 Å². The molecule has 1 aliphatic rings. The number of aromatic nitrogens is 2. The van der Waals surface area contributed by atoms with E-state index in [1.54, 1.807) is 0 Å². The van der Waals surface area contributed by atoms with Crippen molar-refractivity contribution in [3.63, 3.8) is 0 Å². The Balaban J connectivity index is 1.92. The molecule has 0 saturated heterocycles. The van der Waals surface area contributed by atoms with Gasteiger partial charge in [0.25, 0.3) is 6.43 Å². The van der Waals surface area contributed by atoms with Gasteiger partial charge in [-0.25, -0.2) is 24.6 Å². The summed E-state index contributed by atoms with van der Waals surface area (Å²) in [5.74, 6) is 6.94. The number of nitrogens with zero attached hydrogens (tertiary/aromatic N) is 2. The molecule has 2 rings (SSSR count). The van der Waals surface area contributed by atoms with E-state index in [1.807, 2.05) is 6.07 Å². The molecule has 0 radical (unpaired) electrons. The summed E-state index contributed by atoms with van der Waals surface area (Å²) in [6.45, 7) is -0.368. The molecule has 18 heavy (non-hydrogen) atoms. The van der Waals surface area contributed by atoms with Gasteiger partial charge in [-0.1, -0.05) is 0 Å². The Hall–Kier alpha value is -1.34. The number of ether oxygens (including phenoxy) is 1. The van der Waals surface area contributed by atoms with Crippen LogP contribution in [0.3, 0.4) is 0 Å². The summed E-state index contributed by atoms with van der Waals surface area (Å²) in [6, 6.07) is 1.82. The number of halogens is 2. The lowest BCUT2D eigenvalue weighted by Gasteiger charge is -2.07. The second kappa shape index (κ2) is 6.01. The van der Waals surface area contributed by atoms with Gasteiger partial charge in [-0.15, -0.1) is 0 Å². The molecule has 0 aromatic carbocycles. The number of nitrogens with one attached hydrogen (secondary N) is 1. The van der Waals surface area contributed by atoms with E-state index >= 15 is 0 Å². The van der Waals surface area contributed by atoms with Crippen LogP contribution in [0.4, 0.5) is 14.6 Å². The number of hydrazine groups is 1. The van der Waals surface area contributed by atoms with E-state index in [0.717, 1.165) is 18.5 Å². The molecule has 5 nitrogen and oxygen atoms in total. The molecule has 1 saturated carbocycles. The Morgan fingerprint density at radius 1 is 1.44 bits per heavy atom. The minimum Gasteiger partial charge on any atom is -0.375 e. The molecule has 0 spiro atoms. The fourth-order valence-electron chi connectivity index (χ4n) is 1.63. The molecular weight excluding hydrogens is 242 g/mol. The van der Waals surface area contributed by atoms with Crippen LogP contribution >= 0.6 is 0 Å². The Kier molecular flexibility index (Phi) is 4.38. The second-order valence-corrected chi connectivity index (χ2v) is 4.23. The highest BCUT2D eigenvalue weighted by atomic mass is 19.3. The molecule has 1 fully saturated rings. The number of anilines is 1. The maximum absolute atomic E-state index is 11.9. The third kappa shape index (κ3) is 3.85. The van der Waals surface area contributed by atoms with Crippen LogP contribution in [0.15, 0.2) is 6.07 Å². The third-order valence-corrected chi connectivity index (χ3v) is 2.65. The first-order valence-corrected chi connectivity index (χ1v) is 5.89. The zero-order chi connectivity index (χ0) is 13.0. The smallest absolute Gasteiger partial charge is 0.261 e. The molecule has 7 heteroatoms. The largest absolute Gasteiger partial charge is 0.375 e. The topological polar surface area (TPSA) is 73.1 Å². The SMILES string of the molecule is NNc1cc(C2CC2)nc(CCOCC(F)F)n1. The summed E-state index contributed by atoms with van der Waals surface area (Å²) in [6.07, 6.45) is 0.220. The van der Waals surface area contributed by atoms with E-state index in [0.29, 0.717) is 24.0 Å². The lowest BCUT2D eigenvalue weighted by Crippen LogP contribution is -2.13. The molecule has 100 valence electrons. The first kappa shape index (κ1) is 13.1. The fourth-order valence-corrected chi connectivity index (χ4v) is 1.63. The average Bonchev–Trinajstić information content (AvgIpc) is 3.18.